The minimum Gasteiger partial charge on any atom is -0.341 e. The van der Waals surface area contributed by atoms with E-state index in [4.69, 9.17) is 0 Å². The smallest absolute Gasteiger partial charge is 0.225 e. The average molecular weight is 401 g/mol. The van der Waals surface area contributed by atoms with Crippen molar-refractivity contribution in [2.75, 3.05) is 20.1 Å². The van der Waals surface area contributed by atoms with Crippen LogP contribution in [0.15, 0.2) is 54.6 Å². The van der Waals surface area contributed by atoms with Gasteiger partial charge in [-0.15, -0.1) is 0 Å². The van der Waals surface area contributed by atoms with Crippen LogP contribution in [0.4, 0.5) is 0 Å². The van der Waals surface area contributed by atoms with E-state index in [1.807, 2.05) is 68.6 Å². The molecule has 2 aromatic carbocycles. The molecular weight excluding hydrogens is 372 g/mol. The Hall–Kier alpha value is -2.18. The highest BCUT2D eigenvalue weighted by Crippen LogP contribution is 2.24. The molecule has 1 aliphatic heterocycles. The van der Waals surface area contributed by atoms with Crippen LogP contribution < -0.4 is 0 Å². The maximum Gasteiger partial charge on any atom is 0.225 e. The Morgan fingerprint density at radius 1 is 1.04 bits per heavy atom. The standard InChI is InChI=1S/C22H28N2O3S/c1-18-8-6-7-11-21(18)17-28(26,27)24-14-12-20(13-15-24)22(25)23(2)16-19-9-4-3-5-10-19/h3-11,20H,12-17H2,1-2H3. The summed E-state index contributed by atoms with van der Waals surface area (Å²) in [5.41, 5.74) is 2.92. The van der Waals surface area contributed by atoms with E-state index in [0.29, 0.717) is 32.5 Å². The summed E-state index contributed by atoms with van der Waals surface area (Å²) in [6.45, 7) is 3.32. The number of nitrogens with zero attached hydrogens (tertiary/aromatic N) is 2. The number of amides is 1. The Balaban J connectivity index is 1.56. The molecule has 5 nitrogen and oxygen atoms in total. The molecule has 6 heteroatoms. The third kappa shape index (κ3) is 5.00. The molecule has 1 aliphatic rings. The fourth-order valence-electron chi connectivity index (χ4n) is 3.69. The van der Waals surface area contributed by atoms with Crippen molar-refractivity contribution in [1.29, 1.82) is 0 Å². The fraction of sp³-hybridized carbons (Fsp3) is 0.409. The molecule has 0 N–H and O–H groups in total. The molecule has 0 aliphatic carbocycles. The number of aryl methyl sites for hydroxylation is 1. The first kappa shape index (κ1) is 20.6. The second kappa shape index (κ2) is 8.88. The summed E-state index contributed by atoms with van der Waals surface area (Å²) in [6.07, 6.45) is 1.15. The summed E-state index contributed by atoms with van der Waals surface area (Å²) in [6, 6.07) is 17.5. The molecule has 0 atom stereocenters. The van der Waals surface area contributed by atoms with E-state index < -0.39 is 10.0 Å². The second-order valence-corrected chi connectivity index (χ2v) is 9.50. The van der Waals surface area contributed by atoms with Gasteiger partial charge in [0.15, 0.2) is 0 Å². The first-order chi connectivity index (χ1) is 13.4. The van der Waals surface area contributed by atoms with Crippen molar-refractivity contribution in [2.45, 2.75) is 32.1 Å². The summed E-state index contributed by atoms with van der Waals surface area (Å²) in [7, 11) is -1.55. The molecule has 0 radical (unpaired) electrons. The highest BCUT2D eigenvalue weighted by atomic mass is 32.2. The molecule has 1 fully saturated rings. The lowest BCUT2D eigenvalue weighted by molar-refractivity contribution is -0.135. The maximum absolute atomic E-state index is 12.8. The molecule has 0 unspecified atom stereocenters. The van der Waals surface area contributed by atoms with Crippen LogP contribution in [-0.2, 0) is 27.1 Å². The number of carbonyl (C=O) groups excluding carboxylic acids is 1. The van der Waals surface area contributed by atoms with Crippen LogP contribution in [0, 0.1) is 12.8 Å². The van der Waals surface area contributed by atoms with Crippen molar-refractivity contribution in [3.63, 3.8) is 0 Å². The number of benzene rings is 2. The normalized spacial score (nSPS) is 16.1. The van der Waals surface area contributed by atoms with Crippen LogP contribution in [0.2, 0.25) is 0 Å². The first-order valence-corrected chi connectivity index (χ1v) is 11.3. The van der Waals surface area contributed by atoms with Gasteiger partial charge in [-0.3, -0.25) is 4.79 Å². The van der Waals surface area contributed by atoms with E-state index in [2.05, 4.69) is 0 Å². The van der Waals surface area contributed by atoms with Gasteiger partial charge < -0.3 is 4.90 Å². The Morgan fingerprint density at radius 2 is 1.64 bits per heavy atom. The third-order valence-corrected chi connectivity index (χ3v) is 7.26. The van der Waals surface area contributed by atoms with Crippen molar-refractivity contribution >= 4 is 15.9 Å². The quantitative estimate of drug-likeness (QED) is 0.748. The Labute approximate surface area is 168 Å². The summed E-state index contributed by atoms with van der Waals surface area (Å²) in [4.78, 5) is 14.5. The molecule has 2 aromatic rings. The number of carbonyl (C=O) groups is 1. The van der Waals surface area contributed by atoms with Crippen LogP contribution in [0.3, 0.4) is 0 Å². The third-order valence-electron chi connectivity index (χ3n) is 5.43. The molecule has 1 heterocycles. The van der Waals surface area contributed by atoms with E-state index in [-0.39, 0.29) is 17.6 Å². The van der Waals surface area contributed by atoms with Crippen molar-refractivity contribution in [3.8, 4) is 0 Å². The maximum atomic E-state index is 12.8. The molecular formula is C22H28N2O3S. The number of sulfonamides is 1. The number of piperidine rings is 1. The summed E-state index contributed by atoms with van der Waals surface area (Å²) in [5, 5.41) is 0. The van der Waals surface area contributed by atoms with Crippen LogP contribution in [-0.4, -0.2) is 43.7 Å². The lowest BCUT2D eigenvalue weighted by Crippen LogP contribution is -2.43. The van der Waals surface area contributed by atoms with Gasteiger partial charge in [-0.1, -0.05) is 54.6 Å². The van der Waals surface area contributed by atoms with Gasteiger partial charge in [-0.25, -0.2) is 12.7 Å². The molecule has 0 aromatic heterocycles. The number of hydrogen-bond donors (Lipinski definition) is 0. The van der Waals surface area contributed by atoms with Gasteiger partial charge in [-0.2, -0.15) is 0 Å². The zero-order valence-electron chi connectivity index (χ0n) is 16.5. The van der Waals surface area contributed by atoms with Gasteiger partial charge in [-0.05, 0) is 36.5 Å². The van der Waals surface area contributed by atoms with Gasteiger partial charge in [0.05, 0.1) is 5.75 Å². The molecule has 150 valence electrons. The molecule has 1 saturated heterocycles. The zero-order valence-corrected chi connectivity index (χ0v) is 17.4. The lowest BCUT2D eigenvalue weighted by Gasteiger charge is -2.32. The van der Waals surface area contributed by atoms with Crippen molar-refractivity contribution in [1.82, 2.24) is 9.21 Å². The molecule has 28 heavy (non-hydrogen) atoms. The van der Waals surface area contributed by atoms with Crippen LogP contribution in [0.5, 0.6) is 0 Å². The average Bonchev–Trinajstić information content (AvgIpc) is 2.70. The fourth-order valence-corrected chi connectivity index (χ4v) is 5.35. The van der Waals surface area contributed by atoms with E-state index in [1.54, 1.807) is 9.21 Å². The van der Waals surface area contributed by atoms with Gasteiger partial charge >= 0.3 is 0 Å². The van der Waals surface area contributed by atoms with Crippen LogP contribution in [0.25, 0.3) is 0 Å². The van der Waals surface area contributed by atoms with E-state index >= 15 is 0 Å². The Bertz CT molecular complexity index is 904. The first-order valence-electron chi connectivity index (χ1n) is 9.68. The minimum atomic E-state index is -3.37. The minimum absolute atomic E-state index is 0.0200. The Kier molecular flexibility index (Phi) is 6.52. The SMILES string of the molecule is Cc1ccccc1CS(=O)(=O)N1CCC(C(=O)N(C)Cc2ccccc2)CC1. The lowest BCUT2D eigenvalue weighted by atomic mass is 9.96. The molecule has 0 spiro atoms. The van der Waals surface area contributed by atoms with E-state index in [0.717, 1.165) is 16.7 Å². The van der Waals surface area contributed by atoms with Gasteiger partial charge in [0.2, 0.25) is 15.9 Å². The summed E-state index contributed by atoms with van der Waals surface area (Å²) >= 11 is 0. The molecule has 0 bridgehead atoms. The number of rotatable bonds is 6. The summed E-state index contributed by atoms with van der Waals surface area (Å²) < 4.78 is 27.1. The van der Waals surface area contributed by atoms with E-state index in [1.165, 1.54) is 0 Å². The van der Waals surface area contributed by atoms with Gasteiger partial charge in [0, 0.05) is 32.6 Å². The topological polar surface area (TPSA) is 57.7 Å². The largest absolute Gasteiger partial charge is 0.341 e. The van der Waals surface area contributed by atoms with Gasteiger partial charge in [0.1, 0.15) is 0 Å². The van der Waals surface area contributed by atoms with Gasteiger partial charge in [0.25, 0.3) is 0 Å². The molecule has 3 rings (SSSR count). The zero-order chi connectivity index (χ0) is 20.1. The highest BCUT2D eigenvalue weighted by Gasteiger charge is 2.32. The molecule has 0 saturated carbocycles. The van der Waals surface area contributed by atoms with Crippen molar-refractivity contribution < 1.29 is 13.2 Å². The molecule has 1 amide bonds. The predicted molar refractivity (Wildman–Crippen MR) is 111 cm³/mol. The van der Waals surface area contributed by atoms with Crippen molar-refractivity contribution in [3.05, 3.63) is 71.3 Å². The Morgan fingerprint density at radius 3 is 2.29 bits per heavy atom. The van der Waals surface area contributed by atoms with Crippen molar-refractivity contribution in [2.24, 2.45) is 5.92 Å². The predicted octanol–water partition coefficient (Wildman–Crippen LogP) is 3.20. The number of hydrogen-bond acceptors (Lipinski definition) is 3. The van der Waals surface area contributed by atoms with E-state index in [9.17, 15) is 13.2 Å². The monoisotopic (exact) mass is 400 g/mol. The van der Waals surface area contributed by atoms with Crippen LogP contribution >= 0.6 is 0 Å². The second-order valence-electron chi connectivity index (χ2n) is 7.54. The van der Waals surface area contributed by atoms with Crippen LogP contribution in [0.1, 0.15) is 29.5 Å². The highest BCUT2D eigenvalue weighted by molar-refractivity contribution is 7.88. The summed E-state index contributed by atoms with van der Waals surface area (Å²) in [5.74, 6) is 0.00469.